The second-order valence-electron chi connectivity index (χ2n) is 16.7. The molecule has 314 valence electrons. The minimum atomic E-state index is -0.204. The third-order valence-electron chi connectivity index (χ3n) is 12.6. The lowest BCUT2D eigenvalue weighted by Crippen LogP contribution is -2.37. The van der Waals surface area contributed by atoms with E-state index in [0.29, 0.717) is 29.3 Å². The highest BCUT2D eigenvalue weighted by molar-refractivity contribution is 5.78. The Morgan fingerprint density at radius 1 is 0.613 bits per heavy atom. The molecule has 6 nitrogen and oxygen atoms in total. The van der Waals surface area contributed by atoms with Crippen molar-refractivity contribution in [3.05, 3.63) is 200 Å². The summed E-state index contributed by atoms with van der Waals surface area (Å²) < 4.78 is 23.1. The van der Waals surface area contributed by atoms with Gasteiger partial charge in [0.2, 0.25) is 0 Å². The molecule has 62 heavy (non-hydrogen) atoms. The maximum Gasteiger partial charge on any atom is 0.317 e. The SMILES string of the molecule is C=Cc1ccccc1.CC(CC1C2CC(C(=O)Oc3ccc(-c4ccccc4)cc3)C(O2)C1C)c1ccccc1.O=C(Oc1ccc(-c2ccccc2)cc1)C1CC2C=CC1O2. The van der Waals surface area contributed by atoms with E-state index >= 15 is 0 Å². The van der Waals surface area contributed by atoms with Crippen LogP contribution in [0.2, 0.25) is 0 Å². The average molecular weight is 823 g/mol. The highest BCUT2D eigenvalue weighted by Crippen LogP contribution is 2.50. The van der Waals surface area contributed by atoms with Crippen LogP contribution in [0.5, 0.6) is 11.5 Å². The molecule has 0 aliphatic carbocycles. The molecular formula is C56H54O6. The van der Waals surface area contributed by atoms with Crippen molar-refractivity contribution in [1.29, 1.82) is 0 Å². The summed E-state index contributed by atoms with van der Waals surface area (Å²) in [4.78, 5) is 25.2. The van der Waals surface area contributed by atoms with Crippen LogP contribution >= 0.6 is 0 Å². The summed E-state index contributed by atoms with van der Waals surface area (Å²) >= 11 is 0. The van der Waals surface area contributed by atoms with Crippen LogP contribution in [0, 0.1) is 23.7 Å². The number of ether oxygens (including phenoxy) is 4. The van der Waals surface area contributed by atoms with Crippen LogP contribution in [-0.4, -0.2) is 36.4 Å². The molecule has 9 atom stereocenters. The van der Waals surface area contributed by atoms with E-state index < -0.39 is 0 Å². The molecule has 3 fully saturated rings. The van der Waals surface area contributed by atoms with E-state index in [4.69, 9.17) is 18.9 Å². The quantitative estimate of drug-likeness (QED) is 0.0778. The van der Waals surface area contributed by atoms with Crippen molar-refractivity contribution < 1.29 is 28.5 Å². The van der Waals surface area contributed by atoms with Gasteiger partial charge in [0.15, 0.2) is 0 Å². The van der Waals surface area contributed by atoms with Gasteiger partial charge in [-0.05, 0) is 94.7 Å². The van der Waals surface area contributed by atoms with E-state index in [1.807, 2.05) is 133 Å². The van der Waals surface area contributed by atoms with E-state index in [0.717, 1.165) is 41.5 Å². The summed E-state index contributed by atoms with van der Waals surface area (Å²) in [5, 5.41) is 0. The van der Waals surface area contributed by atoms with Gasteiger partial charge in [-0.15, -0.1) is 0 Å². The number of hydrogen-bond acceptors (Lipinski definition) is 6. The van der Waals surface area contributed by atoms with E-state index in [1.165, 1.54) is 11.1 Å². The van der Waals surface area contributed by atoms with Gasteiger partial charge in [0.25, 0.3) is 0 Å². The fraction of sp³-hybridized carbons (Fsp3) is 0.250. The molecule has 3 saturated heterocycles. The van der Waals surface area contributed by atoms with Gasteiger partial charge in [-0.3, -0.25) is 9.59 Å². The second kappa shape index (κ2) is 20.0. The molecule has 0 saturated carbocycles. The summed E-state index contributed by atoms with van der Waals surface area (Å²) in [5.74, 6) is 1.80. The Kier molecular flexibility index (Phi) is 13.7. The Morgan fingerprint density at radius 2 is 1.10 bits per heavy atom. The molecule has 0 aromatic heterocycles. The van der Waals surface area contributed by atoms with Crippen LogP contribution in [0.15, 0.2) is 189 Å². The summed E-state index contributed by atoms with van der Waals surface area (Å²) in [6.45, 7) is 8.16. The molecule has 10 rings (SSSR count). The fourth-order valence-corrected chi connectivity index (χ4v) is 9.18. The van der Waals surface area contributed by atoms with Gasteiger partial charge in [-0.25, -0.2) is 0 Å². The van der Waals surface area contributed by atoms with Crippen LogP contribution in [0.1, 0.15) is 50.2 Å². The third-order valence-corrected chi connectivity index (χ3v) is 12.6. The van der Waals surface area contributed by atoms with Crippen molar-refractivity contribution in [1.82, 2.24) is 0 Å². The first-order valence-electron chi connectivity index (χ1n) is 21.8. The molecule has 4 bridgehead atoms. The largest absolute Gasteiger partial charge is 0.426 e. The van der Waals surface area contributed by atoms with Gasteiger partial charge < -0.3 is 18.9 Å². The molecule has 4 aliphatic rings. The minimum absolute atomic E-state index is 0.0379. The molecule has 4 aliphatic heterocycles. The lowest BCUT2D eigenvalue weighted by Gasteiger charge is -2.31. The Balaban J connectivity index is 0.000000151. The fourth-order valence-electron chi connectivity index (χ4n) is 9.18. The molecule has 0 radical (unpaired) electrons. The summed E-state index contributed by atoms with van der Waals surface area (Å²) in [5.41, 5.74) is 7.05. The zero-order chi connectivity index (χ0) is 42.8. The second-order valence-corrected chi connectivity index (χ2v) is 16.7. The Morgan fingerprint density at radius 3 is 1.55 bits per heavy atom. The molecular weight excluding hydrogens is 769 g/mol. The minimum Gasteiger partial charge on any atom is -0.426 e. The Hall–Kier alpha value is -6.34. The summed E-state index contributed by atoms with van der Waals surface area (Å²) in [6, 6.07) is 56.4. The lowest BCUT2D eigenvalue weighted by atomic mass is 9.71. The van der Waals surface area contributed by atoms with Crippen molar-refractivity contribution in [3.8, 4) is 33.8 Å². The van der Waals surface area contributed by atoms with Gasteiger partial charge >= 0.3 is 11.9 Å². The van der Waals surface area contributed by atoms with Crippen LogP contribution in [0.3, 0.4) is 0 Å². The molecule has 9 unspecified atom stereocenters. The number of fused-ring (bicyclic) bond motifs is 4. The lowest BCUT2D eigenvalue weighted by molar-refractivity contribution is -0.141. The maximum absolute atomic E-state index is 13.0. The number of esters is 2. The zero-order valence-electron chi connectivity index (χ0n) is 35.4. The summed E-state index contributed by atoms with van der Waals surface area (Å²) in [6.07, 6.45) is 8.48. The van der Waals surface area contributed by atoms with Crippen molar-refractivity contribution in [2.45, 2.75) is 63.4 Å². The van der Waals surface area contributed by atoms with Gasteiger partial charge in [-0.2, -0.15) is 0 Å². The van der Waals surface area contributed by atoms with Gasteiger partial charge in [0, 0.05) is 0 Å². The number of carbonyl (C=O) groups is 2. The van der Waals surface area contributed by atoms with Crippen LogP contribution in [-0.2, 0) is 19.1 Å². The third kappa shape index (κ3) is 10.2. The normalized spacial score (nSPS) is 24.2. The van der Waals surface area contributed by atoms with E-state index in [2.05, 4.69) is 75.0 Å². The smallest absolute Gasteiger partial charge is 0.317 e. The maximum atomic E-state index is 13.0. The topological polar surface area (TPSA) is 71.1 Å². The van der Waals surface area contributed by atoms with Crippen LogP contribution in [0.25, 0.3) is 28.3 Å². The standard InChI is InChI=1S/C29H30O3.C19H16O3.C8H8/c1-19(21-9-5-3-6-10-21)17-25-20(2)28-26(18-27(25)32-28)29(30)31-24-15-13-23(14-16-24)22-11-7-4-8-12-22;20-19(17-12-16-10-11-18(17)21-16)22-15-8-6-14(7-9-15)13-4-2-1-3-5-13;1-2-8-6-4-3-5-7-8/h3-16,19-20,25-28H,17-18H2,1-2H3;1-11,16-18H,12H2;2-7H,1H2. The van der Waals surface area contributed by atoms with Gasteiger partial charge in [0.05, 0.1) is 36.3 Å². The Bertz CT molecular complexity index is 2390. The number of benzene rings is 6. The Labute approximate surface area is 365 Å². The predicted octanol–water partition coefficient (Wildman–Crippen LogP) is 12.4. The highest BCUT2D eigenvalue weighted by atomic mass is 16.6. The van der Waals surface area contributed by atoms with Crippen molar-refractivity contribution in [3.63, 3.8) is 0 Å². The zero-order valence-corrected chi connectivity index (χ0v) is 35.4. The first kappa shape index (κ1) is 42.4. The highest BCUT2D eigenvalue weighted by Gasteiger charge is 2.55. The van der Waals surface area contributed by atoms with E-state index in [1.54, 1.807) is 0 Å². The first-order chi connectivity index (χ1) is 30.3. The molecule has 6 aromatic carbocycles. The molecule has 4 heterocycles. The molecule has 6 heteroatoms. The monoisotopic (exact) mass is 822 g/mol. The van der Waals surface area contributed by atoms with Crippen LogP contribution in [0.4, 0.5) is 0 Å². The van der Waals surface area contributed by atoms with Crippen LogP contribution < -0.4 is 9.47 Å². The molecule has 6 aromatic rings. The number of hydrogen-bond donors (Lipinski definition) is 0. The van der Waals surface area contributed by atoms with Crippen molar-refractivity contribution in [2.75, 3.05) is 0 Å². The molecule has 0 amide bonds. The van der Waals surface area contributed by atoms with E-state index in [9.17, 15) is 9.59 Å². The average Bonchev–Trinajstić information content (AvgIpc) is 4.15. The molecule has 0 spiro atoms. The predicted molar refractivity (Wildman–Crippen MR) is 246 cm³/mol. The van der Waals surface area contributed by atoms with Crippen molar-refractivity contribution in [2.24, 2.45) is 23.7 Å². The van der Waals surface area contributed by atoms with Gasteiger partial charge in [-0.1, -0.05) is 184 Å². The summed E-state index contributed by atoms with van der Waals surface area (Å²) in [7, 11) is 0. The van der Waals surface area contributed by atoms with Gasteiger partial charge in [0.1, 0.15) is 11.5 Å². The van der Waals surface area contributed by atoms with Crippen molar-refractivity contribution >= 4 is 18.0 Å². The number of carbonyl (C=O) groups excluding carboxylic acids is 2. The molecule has 0 N–H and O–H groups in total. The first-order valence-corrected chi connectivity index (χ1v) is 21.8. The number of rotatable bonds is 10. The van der Waals surface area contributed by atoms with E-state index in [-0.39, 0.29) is 48.2 Å².